The number of aromatic nitrogens is 4. The van der Waals surface area contributed by atoms with Gasteiger partial charge in [-0.2, -0.15) is 9.97 Å². The van der Waals surface area contributed by atoms with E-state index in [1.54, 1.807) is 13.0 Å². The first-order chi connectivity index (χ1) is 15.0. The van der Waals surface area contributed by atoms with E-state index < -0.39 is 18.2 Å². The number of nitrogens with one attached hydrogen (secondary N) is 1. The summed E-state index contributed by atoms with van der Waals surface area (Å²) in [7, 11) is 0. The molecule has 0 saturated carbocycles. The molecule has 2 aromatic heterocycles. The van der Waals surface area contributed by atoms with E-state index in [1.807, 2.05) is 25.1 Å². The Hall–Kier alpha value is -3.53. The minimum absolute atomic E-state index is 0.105. The maximum atomic E-state index is 12.1. The Bertz CT molecular complexity index is 1030. The number of anilines is 2. The van der Waals surface area contributed by atoms with Gasteiger partial charge in [0.15, 0.2) is 5.82 Å². The summed E-state index contributed by atoms with van der Waals surface area (Å²) in [5.74, 6) is 1.67. The van der Waals surface area contributed by atoms with E-state index in [-0.39, 0.29) is 18.6 Å². The molecule has 0 bridgehead atoms. The van der Waals surface area contributed by atoms with Crippen LogP contribution in [0.1, 0.15) is 37.2 Å². The van der Waals surface area contributed by atoms with E-state index in [1.165, 1.54) is 16.7 Å². The van der Waals surface area contributed by atoms with Crippen LogP contribution in [0.25, 0.3) is 0 Å². The highest BCUT2D eigenvalue weighted by molar-refractivity contribution is 5.89. The van der Waals surface area contributed by atoms with Gasteiger partial charge in [0.2, 0.25) is 11.8 Å². The van der Waals surface area contributed by atoms with E-state index in [2.05, 4.69) is 37.6 Å². The average molecular weight is 424 g/mol. The monoisotopic (exact) mass is 424 g/mol. The van der Waals surface area contributed by atoms with Crippen molar-refractivity contribution in [1.82, 2.24) is 20.1 Å². The first-order valence-corrected chi connectivity index (χ1v) is 10.1. The van der Waals surface area contributed by atoms with Crippen molar-refractivity contribution < 1.29 is 19.2 Å². The van der Waals surface area contributed by atoms with Crippen LogP contribution in [0.5, 0.6) is 0 Å². The molecular weight excluding hydrogens is 400 g/mol. The largest absolute Gasteiger partial charge is 0.447 e. The number of cyclic esters (lactones) is 1. The second-order valence-corrected chi connectivity index (χ2v) is 7.39. The van der Waals surface area contributed by atoms with Gasteiger partial charge in [0.25, 0.3) is 0 Å². The third-order valence-corrected chi connectivity index (χ3v) is 5.03. The predicted molar refractivity (Wildman–Crippen MR) is 112 cm³/mol. The maximum absolute atomic E-state index is 12.1. The van der Waals surface area contributed by atoms with E-state index >= 15 is 0 Å². The first kappa shape index (κ1) is 20.7. The van der Waals surface area contributed by atoms with Crippen LogP contribution in [0.2, 0.25) is 0 Å². The molecule has 1 saturated heterocycles. The molecule has 31 heavy (non-hydrogen) atoms. The van der Waals surface area contributed by atoms with Crippen molar-refractivity contribution in [2.24, 2.45) is 0 Å². The van der Waals surface area contributed by atoms with Gasteiger partial charge in [-0.1, -0.05) is 35.5 Å². The van der Waals surface area contributed by atoms with Crippen LogP contribution in [-0.4, -0.2) is 50.1 Å². The number of nitrogens with zero attached hydrogens (tertiary/aromatic N) is 5. The van der Waals surface area contributed by atoms with Crippen LogP contribution >= 0.6 is 0 Å². The first-order valence-electron chi connectivity index (χ1n) is 10.1. The summed E-state index contributed by atoms with van der Waals surface area (Å²) in [6.07, 6.45) is 1.71. The lowest BCUT2D eigenvalue weighted by Crippen LogP contribution is -2.41. The zero-order valence-electron chi connectivity index (χ0n) is 17.3. The van der Waals surface area contributed by atoms with Crippen LogP contribution in [0, 0.1) is 0 Å². The molecule has 1 unspecified atom stereocenters. The number of aryl methyl sites for hydroxylation is 2. The fraction of sp³-hybridized carbons (Fsp3) is 0.381. The summed E-state index contributed by atoms with van der Waals surface area (Å²) in [5.41, 5.74) is 1.21. The van der Waals surface area contributed by atoms with Gasteiger partial charge >= 0.3 is 6.09 Å². The van der Waals surface area contributed by atoms with Crippen molar-refractivity contribution in [2.75, 3.05) is 16.8 Å². The fourth-order valence-electron chi connectivity index (χ4n) is 3.31. The second kappa shape index (κ2) is 9.09. The number of ether oxygens (including phenoxy) is 1. The lowest BCUT2D eigenvalue weighted by atomic mass is 10.1. The van der Waals surface area contributed by atoms with Gasteiger partial charge in [0.05, 0.1) is 6.10 Å². The molecule has 3 heterocycles. The van der Waals surface area contributed by atoms with Gasteiger partial charge in [0, 0.05) is 12.6 Å². The molecule has 10 heteroatoms. The Balaban J connectivity index is 1.41. The van der Waals surface area contributed by atoms with E-state index in [4.69, 9.17) is 9.26 Å². The highest BCUT2D eigenvalue weighted by Gasteiger charge is 2.38. The van der Waals surface area contributed by atoms with Crippen molar-refractivity contribution in [2.45, 2.75) is 44.9 Å². The van der Waals surface area contributed by atoms with E-state index in [0.717, 1.165) is 6.42 Å². The van der Waals surface area contributed by atoms with Gasteiger partial charge < -0.3 is 19.7 Å². The molecule has 3 aromatic rings. The summed E-state index contributed by atoms with van der Waals surface area (Å²) < 4.78 is 10.4. The minimum Gasteiger partial charge on any atom is -0.447 e. The zero-order valence-corrected chi connectivity index (χ0v) is 17.3. The normalized spacial score (nSPS) is 18.0. The SMILES string of the molecule is C[C@H](Nc1nccc(N2C(=O)OCC2[C@@H](C)O)n1)c1nc(CCc2ccccc2)no1. The summed E-state index contributed by atoms with van der Waals surface area (Å²) in [6.45, 7) is 3.56. The smallest absolute Gasteiger partial charge is 0.416 e. The molecule has 1 fully saturated rings. The summed E-state index contributed by atoms with van der Waals surface area (Å²) >= 11 is 0. The Morgan fingerprint density at radius 1 is 1.19 bits per heavy atom. The van der Waals surface area contributed by atoms with Crippen LogP contribution in [-0.2, 0) is 17.6 Å². The molecule has 4 rings (SSSR count). The molecule has 0 radical (unpaired) electrons. The van der Waals surface area contributed by atoms with E-state index in [9.17, 15) is 9.90 Å². The molecule has 1 aliphatic heterocycles. The standard InChI is InChI=1S/C21H24N6O4/c1-13(19-24-17(26-31-19)9-8-15-6-4-3-5-7-15)23-20-22-11-10-18(25-20)27-16(14(2)28)12-30-21(27)29/h3-7,10-11,13-14,16,28H,8-9,12H2,1-2H3,(H,22,23,25)/t13-,14+,16?/m0/s1. The van der Waals surface area contributed by atoms with Gasteiger partial charge in [-0.3, -0.25) is 4.90 Å². The highest BCUT2D eigenvalue weighted by Crippen LogP contribution is 2.24. The molecular formula is C21H24N6O4. The Labute approximate surface area is 179 Å². The van der Waals surface area contributed by atoms with Gasteiger partial charge in [0.1, 0.15) is 24.5 Å². The number of carbonyl (C=O) groups excluding carboxylic acids is 1. The average Bonchev–Trinajstić information content (AvgIpc) is 3.40. The Morgan fingerprint density at radius 2 is 2.00 bits per heavy atom. The topological polar surface area (TPSA) is 127 Å². The van der Waals surface area contributed by atoms with Crippen LogP contribution < -0.4 is 10.2 Å². The van der Waals surface area contributed by atoms with Gasteiger partial charge in [-0.15, -0.1) is 0 Å². The third kappa shape index (κ3) is 4.80. The maximum Gasteiger partial charge on any atom is 0.416 e. The van der Waals surface area contributed by atoms with Crippen molar-refractivity contribution >= 4 is 17.9 Å². The third-order valence-electron chi connectivity index (χ3n) is 5.03. The molecule has 0 spiro atoms. The molecule has 10 nitrogen and oxygen atoms in total. The molecule has 162 valence electrons. The molecule has 1 amide bonds. The lowest BCUT2D eigenvalue weighted by Gasteiger charge is -2.22. The molecule has 3 atom stereocenters. The van der Waals surface area contributed by atoms with Gasteiger partial charge in [-0.05, 0) is 31.9 Å². The Morgan fingerprint density at radius 3 is 2.77 bits per heavy atom. The number of carbonyl (C=O) groups is 1. The van der Waals surface area contributed by atoms with Gasteiger partial charge in [-0.25, -0.2) is 9.78 Å². The molecule has 2 N–H and O–H groups in total. The second-order valence-electron chi connectivity index (χ2n) is 7.39. The number of aliphatic hydroxyl groups excluding tert-OH is 1. The minimum atomic E-state index is -0.760. The van der Waals surface area contributed by atoms with Crippen LogP contribution in [0.15, 0.2) is 47.1 Å². The number of hydrogen-bond acceptors (Lipinski definition) is 9. The van der Waals surface area contributed by atoms with E-state index in [0.29, 0.717) is 24.0 Å². The molecule has 0 aliphatic carbocycles. The highest BCUT2D eigenvalue weighted by atomic mass is 16.6. The molecule has 1 aromatic carbocycles. The van der Waals surface area contributed by atoms with Crippen molar-refractivity contribution in [1.29, 1.82) is 0 Å². The number of amides is 1. The van der Waals surface area contributed by atoms with Crippen molar-refractivity contribution in [3.63, 3.8) is 0 Å². The van der Waals surface area contributed by atoms with Crippen LogP contribution in [0.3, 0.4) is 0 Å². The number of benzene rings is 1. The predicted octanol–water partition coefficient (Wildman–Crippen LogP) is 2.52. The summed E-state index contributed by atoms with van der Waals surface area (Å²) in [4.78, 5) is 26.5. The number of rotatable bonds is 8. The van der Waals surface area contributed by atoms with Crippen molar-refractivity contribution in [3.05, 3.63) is 59.9 Å². The number of hydrogen-bond donors (Lipinski definition) is 2. The number of aliphatic hydroxyl groups is 1. The lowest BCUT2D eigenvalue weighted by molar-refractivity contribution is 0.142. The van der Waals surface area contributed by atoms with Crippen molar-refractivity contribution in [3.8, 4) is 0 Å². The zero-order chi connectivity index (χ0) is 21.8. The summed E-state index contributed by atoms with van der Waals surface area (Å²) in [6, 6.07) is 10.9. The molecule has 1 aliphatic rings. The van der Waals surface area contributed by atoms with Crippen LogP contribution in [0.4, 0.5) is 16.6 Å². The summed E-state index contributed by atoms with van der Waals surface area (Å²) in [5, 5.41) is 17.1. The fourth-order valence-corrected chi connectivity index (χ4v) is 3.31. The quantitative estimate of drug-likeness (QED) is 0.561. The Kier molecular flexibility index (Phi) is 6.08.